The first-order valence-electron chi connectivity index (χ1n) is 3.86. The average Bonchev–Trinajstić information content (AvgIpc) is 2.11. The highest BCUT2D eigenvalue weighted by atomic mass is 32.2. The predicted molar refractivity (Wildman–Crippen MR) is 45.8 cm³/mol. The zero-order valence-electron chi connectivity index (χ0n) is 8.11. The van der Waals surface area contributed by atoms with Crippen LogP contribution in [0.25, 0.3) is 0 Å². The average molecular weight is 259 g/mol. The fourth-order valence-corrected chi connectivity index (χ4v) is 2.12. The largest absolute Gasteiger partial charge is 0.468 e. The Balaban J connectivity index is 4.72. The molecular formula is C7H8F3NO4S. The van der Waals surface area contributed by atoms with Gasteiger partial charge in [-0.2, -0.15) is 18.4 Å². The van der Waals surface area contributed by atoms with Crippen LogP contribution in [0.15, 0.2) is 0 Å². The van der Waals surface area contributed by atoms with Crippen molar-refractivity contribution < 1.29 is 31.1 Å². The highest BCUT2D eigenvalue weighted by Gasteiger charge is 2.43. The maximum absolute atomic E-state index is 12.1. The van der Waals surface area contributed by atoms with Gasteiger partial charge in [-0.1, -0.05) is 0 Å². The van der Waals surface area contributed by atoms with Crippen LogP contribution in [-0.2, 0) is 19.4 Å². The number of hydrogen-bond acceptors (Lipinski definition) is 5. The first kappa shape index (κ1) is 14.7. The molecule has 1 atom stereocenters. The van der Waals surface area contributed by atoms with Gasteiger partial charge in [0.15, 0.2) is 15.8 Å². The number of nitrogens with zero attached hydrogens (tertiary/aromatic N) is 1. The monoisotopic (exact) mass is 259 g/mol. The quantitative estimate of drug-likeness (QED) is 0.677. The number of rotatable bonds is 4. The van der Waals surface area contributed by atoms with Gasteiger partial charge in [-0.3, -0.25) is 4.79 Å². The molecule has 0 aliphatic heterocycles. The number of alkyl halides is 3. The van der Waals surface area contributed by atoms with Crippen molar-refractivity contribution in [3.63, 3.8) is 0 Å². The molecule has 0 saturated carbocycles. The summed E-state index contributed by atoms with van der Waals surface area (Å²) in [5.41, 5.74) is 0. The molecule has 16 heavy (non-hydrogen) atoms. The molecule has 0 fully saturated rings. The molecule has 0 rings (SSSR count). The molecule has 0 aliphatic carbocycles. The van der Waals surface area contributed by atoms with Crippen molar-refractivity contribution >= 4 is 15.8 Å². The summed E-state index contributed by atoms with van der Waals surface area (Å²) in [7, 11) is -3.40. The molecule has 0 radical (unpaired) electrons. The van der Waals surface area contributed by atoms with Crippen LogP contribution in [0.2, 0.25) is 0 Å². The van der Waals surface area contributed by atoms with Crippen LogP contribution in [0, 0.1) is 17.2 Å². The number of sulfone groups is 1. The molecule has 0 aromatic heterocycles. The molecule has 92 valence electrons. The minimum absolute atomic E-state index is 0.833. The summed E-state index contributed by atoms with van der Waals surface area (Å²) in [6.07, 6.45) is -4.93. The van der Waals surface area contributed by atoms with E-state index in [9.17, 15) is 26.4 Å². The summed E-state index contributed by atoms with van der Waals surface area (Å²) in [5.74, 6) is -6.42. The van der Waals surface area contributed by atoms with Gasteiger partial charge in [0.2, 0.25) is 0 Å². The second kappa shape index (κ2) is 5.16. The van der Waals surface area contributed by atoms with E-state index in [0.29, 0.717) is 0 Å². The van der Waals surface area contributed by atoms with Crippen molar-refractivity contribution in [2.24, 2.45) is 5.92 Å². The van der Waals surface area contributed by atoms with Gasteiger partial charge in [0.05, 0.1) is 18.9 Å². The second-order valence-electron chi connectivity index (χ2n) is 2.85. The van der Waals surface area contributed by atoms with Gasteiger partial charge in [0.25, 0.3) is 0 Å². The first-order valence-corrected chi connectivity index (χ1v) is 5.68. The van der Waals surface area contributed by atoms with E-state index in [4.69, 9.17) is 5.26 Å². The minimum Gasteiger partial charge on any atom is -0.468 e. The van der Waals surface area contributed by atoms with Crippen LogP contribution in [-0.4, -0.2) is 39.2 Å². The minimum atomic E-state index is -4.93. The molecule has 9 heteroatoms. The number of halogens is 3. The maximum atomic E-state index is 12.1. The number of carbonyl (C=O) groups is 1. The van der Waals surface area contributed by atoms with E-state index in [1.54, 1.807) is 0 Å². The number of hydrogen-bond donors (Lipinski definition) is 0. The van der Waals surface area contributed by atoms with Gasteiger partial charge in [-0.25, -0.2) is 8.42 Å². The van der Waals surface area contributed by atoms with Gasteiger partial charge in [-0.05, 0) is 0 Å². The van der Waals surface area contributed by atoms with E-state index in [0.717, 1.165) is 13.2 Å². The van der Waals surface area contributed by atoms with Crippen molar-refractivity contribution in [3.8, 4) is 6.07 Å². The highest BCUT2D eigenvalue weighted by Crippen LogP contribution is 2.26. The highest BCUT2D eigenvalue weighted by molar-refractivity contribution is 7.92. The summed E-state index contributed by atoms with van der Waals surface area (Å²) in [5, 5.41) is 8.17. The molecule has 0 spiro atoms. The lowest BCUT2D eigenvalue weighted by molar-refractivity contribution is -0.153. The van der Waals surface area contributed by atoms with Crippen LogP contribution in [0.3, 0.4) is 0 Å². The van der Waals surface area contributed by atoms with Crippen LogP contribution in [0.4, 0.5) is 13.2 Å². The van der Waals surface area contributed by atoms with Crippen LogP contribution in [0.1, 0.15) is 0 Å². The Kier molecular flexibility index (Phi) is 4.74. The summed E-state index contributed by atoms with van der Waals surface area (Å²) in [6, 6.07) is 0.833. The van der Waals surface area contributed by atoms with Gasteiger partial charge < -0.3 is 4.74 Å². The first-order chi connectivity index (χ1) is 7.12. The van der Waals surface area contributed by atoms with Gasteiger partial charge in [0.1, 0.15) is 5.75 Å². The fourth-order valence-electron chi connectivity index (χ4n) is 0.756. The standard InChI is InChI=1S/C7H8F3NO4S/c1-15-6(12)4-16(13,14)3-5(2-11)7(8,9)10/h5H,3-4H2,1H3. The zero-order chi connectivity index (χ0) is 13.0. The zero-order valence-corrected chi connectivity index (χ0v) is 8.93. The molecule has 1 unspecified atom stereocenters. The molecule has 5 nitrogen and oxygen atoms in total. The lowest BCUT2D eigenvalue weighted by Gasteiger charge is -2.12. The topological polar surface area (TPSA) is 84.2 Å². The maximum Gasteiger partial charge on any atom is 0.405 e. The van der Waals surface area contributed by atoms with Gasteiger partial charge >= 0.3 is 12.1 Å². The third-order valence-electron chi connectivity index (χ3n) is 1.54. The fraction of sp³-hybridized carbons (Fsp3) is 0.714. The Morgan fingerprint density at radius 2 is 2.00 bits per heavy atom. The molecule has 0 aromatic rings. The molecule has 0 aromatic carbocycles. The van der Waals surface area contributed by atoms with E-state index in [-0.39, 0.29) is 0 Å². The second-order valence-corrected chi connectivity index (χ2v) is 4.96. The Hall–Kier alpha value is -1.30. The molecule has 0 heterocycles. The van der Waals surface area contributed by atoms with Crippen LogP contribution in [0.5, 0.6) is 0 Å². The Bertz CT molecular complexity index is 395. The number of ether oxygens (including phenoxy) is 1. The number of nitriles is 1. The summed E-state index contributed by atoms with van der Waals surface area (Å²) < 4.78 is 62.3. The van der Waals surface area contributed by atoms with Gasteiger partial charge in [0, 0.05) is 0 Å². The van der Waals surface area contributed by atoms with E-state index < -0.39 is 39.4 Å². The summed E-state index contributed by atoms with van der Waals surface area (Å²) in [6.45, 7) is 0. The van der Waals surface area contributed by atoms with Crippen molar-refractivity contribution in [2.75, 3.05) is 18.6 Å². The molecule has 0 saturated heterocycles. The predicted octanol–water partition coefficient (Wildman–Crippen LogP) is 0.276. The third-order valence-corrected chi connectivity index (χ3v) is 3.05. The molecular weight excluding hydrogens is 251 g/mol. The van der Waals surface area contributed by atoms with E-state index in [2.05, 4.69) is 4.74 Å². The van der Waals surface area contributed by atoms with Crippen molar-refractivity contribution in [1.82, 2.24) is 0 Å². The lowest BCUT2D eigenvalue weighted by atomic mass is 10.2. The number of methoxy groups -OCH3 is 1. The van der Waals surface area contributed by atoms with E-state index in [1.807, 2.05) is 0 Å². The Morgan fingerprint density at radius 1 is 1.50 bits per heavy atom. The van der Waals surface area contributed by atoms with E-state index in [1.165, 1.54) is 0 Å². The van der Waals surface area contributed by atoms with Crippen LogP contribution >= 0.6 is 0 Å². The van der Waals surface area contributed by atoms with Crippen molar-refractivity contribution in [3.05, 3.63) is 0 Å². The Labute approximate surface area is 89.7 Å². The van der Waals surface area contributed by atoms with Gasteiger partial charge in [-0.15, -0.1) is 0 Å². The van der Waals surface area contributed by atoms with E-state index >= 15 is 0 Å². The van der Waals surface area contributed by atoms with Crippen molar-refractivity contribution in [2.45, 2.75) is 6.18 Å². The SMILES string of the molecule is COC(=O)CS(=O)(=O)CC(C#N)C(F)(F)F. The number of esters is 1. The molecule has 0 amide bonds. The number of carbonyl (C=O) groups excluding carboxylic acids is 1. The third kappa shape index (κ3) is 4.97. The molecule has 0 N–H and O–H groups in total. The summed E-state index contributed by atoms with van der Waals surface area (Å²) in [4.78, 5) is 10.6. The van der Waals surface area contributed by atoms with Crippen molar-refractivity contribution in [1.29, 1.82) is 5.26 Å². The molecule has 0 bridgehead atoms. The molecule has 0 aliphatic rings. The smallest absolute Gasteiger partial charge is 0.405 e. The Morgan fingerprint density at radius 3 is 2.31 bits per heavy atom. The normalized spacial score (nSPS) is 13.9. The van der Waals surface area contributed by atoms with Crippen LogP contribution < -0.4 is 0 Å². The lowest BCUT2D eigenvalue weighted by Crippen LogP contribution is -2.31. The summed E-state index contributed by atoms with van der Waals surface area (Å²) >= 11 is 0.